The van der Waals surface area contributed by atoms with E-state index in [1.165, 1.54) is 12.8 Å². The van der Waals surface area contributed by atoms with Crippen LogP contribution in [-0.4, -0.2) is 60.3 Å². The molecule has 2 rings (SSSR count). The first-order valence-electron chi connectivity index (χ1n) is 6.18. The van der Waals surface area contributed by atoms with Gasteiger partial charge in [0.2, 0.25) is 0 Å². The molecule has 0 radical (unpaired) electrons. The summed E-state index contributed by atoms with van der Waals surface area (Å²) in [5, 5.41) is 9.91. The molecule has 3 nitrogen and oxygen atoms in total. The van der Waals surface area contributed by atoms with Gasteiger partial charge in [-0.15, -0.1) is 0 Å². The van der Waals surface area contributed by atoms with Crippen LogP contribution in [0.25, 0.3) is 0 Å². The number of aliphatic hydroxyl groups excluding tert-OH is 1. The van der Waals surface area contributed by atoms with Crippen LogP contribution in [0.15, 0.2) is 0 Å². The fourth-order valence-corrected chi connectivity index (χ4v) is 3.28. The summed E-state index contributed by atoms with van der Waals surface area (Å²) in [5.74, 6) is 0.729. The Morgan fingerprint density at radius 3 is 2.40 bits per heavy atom. The van der Waals surface area contributed by atoms with Crippen molar-refractivity contribution in [3.05, 3.63) is 0 Å². The van der Waals surface area contributed by atoms with Crippen LogP contribution in [-0.2, 0) is 0 Å². The van der Waals surface area contributed by atoms with Gasteiger partial charge in [-0.25, -0.2) is 0 Å². The van der Waals surface area contributed by atoms with E-state index >= 15 is 0 Å². The van der Waals surface area contributed by atoms with E-state index in [0.717, 1.165) is 25.4 Å². The molecule has 1 saturated carbocycles. The Bertz CT molecular complexity index is 220. The summed E-state index contributed by atoms with van der Waals surface area (Å²) in [6, 6.07) is 1.11. The molecular formula is C12H24N2O. The maximum atomic E-state index is 9.91. The predicted molar refractivity (Wildman–Crippen MR) is 61.9 cm³/mol. The number of nitrogens with zero attached hydrogens (tertiary/aromatic N) is 2. The predicted octanol–water partition coefficient (Wildman–Crippen LogP) is 0.782. The Hall–Kier alpha value is -0.120. The Labute approximate surface area is 93.1 Å². The standard InChI is InChI=1S/C12H24N2O/c1-9-7-14(8-11(9)13(2)3)10-5-4-6-12(10)15/h9-12,15H,4-8H2,1-3H3/t9?,10-,11?,12-/m0/s1. The highest BCUT2D eigenvalue weighted by Gasteiger charge is 2.38. The van der Waals surface area contributed by atoms with Crippen molar-refractivity contribution in [2.45, 2.75) is 44.4 Å². The zero-order valence-electron chi connectivity index (χ0n) is 10.2. The molecular weight excluding hydrogens is 188 g/mol. The molecule has 2 unspecified atom stereocenters. The van der Waals surface area contributed by atoms with Gasteiger partial charge in [-0.05, 0) is 39.3 Å². The number of likely N-dealkylation sites (tertiary alicyclic amines) is 1. The lowest BCUT2D eigenvalue weighted by Crippen LogP contribution is -2.41. The average molecular weight is 212 g/mol. The monoisotopic (exact) mass is 212 g/mol. The largest absolute Gasteiger partial charge is 0.391 e. The lowest BCUT2D eigenvalue weighted by molar-refractivity contribution is 0.0807. The zero-order chi connectivity index (χ0) is 11.0. The molecule has 15 heavy (non-hydrogen) atoms. The smallest absolute Gasteiger partial charge is 0.0695 e. The van der Waals surface area contributed by atoms with Gasteiger partial charge in [0.15, 0.2) is 0 Å². The van der Waals surface area contributed by atoms with Crippen molar-refractivity contribution in [3.8, 4) is 0 Å². The van der Waals surface area contributed by atoms with Gasteiger partial charge in [0.05, 0.1) is 6.10 Å². The van der Waals surface area contributed by atoms with E-state index < -0.39 is 0 Å². The van der Waals surface area contributed by atoms with Gasteiger partial charge in [0, 0.05) is 25.2 Å². The van der Waals surface area contributed by atoms with E-state index in [-0.39, 0.29) is 6.10 Å². The number of aliphatic hydroxyl groups is 1. The molecule has 1 N–H and O–H groups in total. The summed E-state index contributed by atoms with van der Waals surface area (Å²) < 4.78 is 0. The summed E-state index contributed by atoms with van der Waals surface area (Å²) >= 11 is 0. The SMILES string of the molecule is CC1CN([C@H]2CCC[C@@H]2O)CC1N(C)C. The van der Waals surface area contributed by atoms with Gasteiger partial charge in [0.25, 0.3) is 0 Å². The van der Waals surface area contributed by atoms with Crippen LogP contribution >= 0.6 is 0 Å². The van der Waals surface area contributed by atoms with Crippen LogP contribution < -0.4 is 0 Å². The molecule has 0 amide bonds. The second-order valence-electron chi connectivity index (χ2n) is 5.53. The van der Waals surface area contributed by atoms with Gasteiger partial charge >= 0.3 is 0 Å². The van der Waals surface area contributed by atoms with Crippen molar-refractivity contribution in [2.24, 2.45) is 5.92 Å². The summed E-state index contributed by atoms with van der Waals surface area (Å²) in [4.78, 5) is 4.83. The van der Waals surface area contributed by atoms with E-state index in [1.54, 1.807) is 0 Å². The normalized spacial score (nSPS) is 43.0. The van der Waals surface area contributed by atoms with E-state index in [1.807, 2.05) is 0 Å². The van der Waals surface area contributed by atoms with E-state index in [2.05, 4.69) is 30.8 Å². The summed E-state index contributed by atoms with van der Waals surface area (Å²) in [6.45, 7) is 4.62. The Morgan fingerprint density at radius 2 is 1.93 bits per heavy atom. The summed E-state index contributed by atoms with van der Waals surface area (Å²) in [6.07, 6.45) is 3.32. The average Bonchev–Trinajstić information content (AvgIpc) is 2.71. The van der Waals surface area contributed by atoms with Crippen LogP contribution in [0.2, 0.25) is 0 Å². The molecule has 1 heterocycles. The number of hydrogen-bond acceptors (Lipinski definition) is 3. The Kier molecular flexibility index (Phi) is 3.33. The summed E-state index contributed by atoms with van der Waals surface area (Å²) in [7, 11) is 4.32. The Balaban J connectivity index is 1.96. The minimum atomic E-state index is -0.0712. The van der Waals surface area contributed by atoms with Gasteiger partial charge < -0.3 is 10.0 Å². The van der Waals surface area contributed by atoms with Crippen molar-refractivity contribution in [2.75, 3.05) is 27.2 Å². The maximum absolute atomic E-state index is 9.91. The van der Waals surface area contributed by atoms with Crippen LogP contribution in [0.5, 0.6) is 0 Å². The molecule has 2 aliphatic rings. The van der Waals surface area contributed by atoms with E-state index in [9.17, 15) is 5.11 Å². The first kappa shape index (κ1) is 11.4. The van der Waals surface area contributed by atoms with Crippen molar-refractivity contribution in [1.82, 2.24) is 9.80 Å². The van der Waals surface area contributed by atoms with Crippen LogP contribution in [0.3, 0.4) is 0 Å². The molecule has 3 heteroatoms. The maximum Gasteiger partial charge on any atom is 0.0695 e. The van der Waals surface area contributed by atoms with E-state index in [4.69, 9.17) is 0 Å². The fourth-order valence-electron chi connectivity index (χ4n) is 3.28. The first-order chi connectivity index (χ1) is 7.09. The molecule has 0 spiro atoms. The molecule has 0 aromatic carbocycles. The summed E-state index contributed by atoms with van der Waals surface area (Å²) in [5.41, 5.74) is 0. The highest BCUT2D eigenvalue weighted by molar-refractivity contribution is 4.94. The lowest BCUT2D eigenvalue weighted by Gasteiger charge is -2.27. The highest BCUT2D eigenvalue weighted by atomic mass is 16.3. The molecule has 88 valence electrons. The van der Waals surface area contributed by atoms with E-state index in [0.29, 0.717) is 12.1 Å². The number of likely N-dealkylation sites (N-methyl/N-ethyl adjacent to an activating group) is 1. The molecule has 1 aliphatic heterocycles. The molecule has 2 fully saturated rings. The van der Waals surface area contributed by atoms with Gasteiger partial charge in [-0.2, -0.15) is 0 Å². The molecule has 0 bridgehead atoms. The van der Waals surface area contributed by atoms with Gasteiger partial charge in [-0.1, -0.05) is 6.92 Å². The number of hydrogen-bond donors (Lipinski definition) is 1. The lowest BCUT2D eigenvalue weighted by atomic mass is 10.1. The highest BCUT2D eigenvalue weighted by Crippen LogP contribution is 2.30. The zero-order valence-corrected chi connectivity index (χ0v) is 10.2. The minimum absolute atomic E-state index is 0.0712. The molecule has 0 aromatic heterocycles. The number of rotatable bonds is 2. The van der Waals surface area contributed by atoms with Crippen molar-refractivity contribution in [1.29, 1.82) is 0 Å². The topological polar surface area (TPSA) is 26.7 Å². The molecule has 1 saturated heterocycles. The van der Waals surface area contributed by atoms with Gasteiger partial charge in [0.1, 0.15) is 0 Å². The fraction of sp³-hybridized carbons (Fsp3) is 1.00. The quantitative estimate of drug-likeness (QED) is 0.733. The van der Waals surface area contributed by atoms with Crippen molar-refractivity contribution < 1.29 is 5.11 Å². The molecule has 0 aromatic rings. The van der Waals surface area contributed by atoms with Gasteiger partial charge in [-0.3, -0.25) is 4.90 Å². The van der Waals surface area contributed by atoms with Crippen molar-refractivity contribution in [3.63, 3.8) is 0 Å². The first-order valence-corrected chi connectivity index (χ1v) is 6.18. The second kappa shape index (κ2) is 4.40. The molecule has 1 aliphatic carbocycles. The van der Waals surface area contributed by atoms with Crippen molar-refractivity contribution >= 4 is 0 Å². The minimum Gasteiger partial charge on any atom is -0.391 e. The third-order valence-electron chi connectivity index (χ3n) is 4.18. The van der Waals surface area contributed by atoms with Crippen LogP contribution in [0, 0.1) is 5.92 Å². The second-order valence-corrected chi connectivity index (χ2v) is 5.53. The third-order valence-corrected chi connectivity index (χ3v) is 4.18. The van der Waals surface area contributed by atoms with Crippen LogP contribution in [0.4, 0.5) is 0 Å². The van der Waals surface area contributed by atoms with Crippen LogP contribution in [0.1, 0.15) is 26.2 Å². The third kappa shape index (κ3) is 2.19. The Morgan fingerprint density at radius 1 is 1.20 bits per heavy atom. The molecule has 4 atom stereocenters.